The maximum atomic E-state index is 13.4. The van der Waals surface area contributed by atoms with E-state index in [0.29, 0.717) is 17.1 Å². The SMILES string of the molecule is CCOC(=O)C1=NN(c2ccc(C)cc2)[C@H]2C(=O)N(c3ccccc3OC)C(=O)[C@H]12. The van der Waals surface area contributed by atoms with Crippen LogP contribution in [0, 0.1) is 12.8 Å². The van der Waals surface area contributed by atoms with Crippen LogP contribution in [0.3, 0.4) is 0 Å². The van der Waals surface area contributed by atoms with Gasteiger partial charge < -0.3 is 9.47 Å². The van der Waals surface area contributed by atoms with Crippen LogP contribution in [0.15, 0.2) is 53.6 Å². The van der Waals surface area contributed by atoms with Crippen molar-refractivity contribution < 1.29 is 23.9 Å². The van der Waals surface area contributed by atoms with E-state index in [-0.39, 0.29) is 12.3 Å². The number of hydrogen-bond acceptors (Lipinski definition) is 7. The number of rotatable bonds is 5. The number of imide groups is 1. The molecule has 0 spiro atoms. The molecule has 1 fully saturated rings. The lowest BCUT2D eigenvalue weighted by atomic mass is 9.97. The van der Waals surface area contributed by atoms with Gasteiger partial charge in [0.05, 0.1) is 25.1 Å². The fraction of sp³-hybridized carbons (Fsp3) is 0.273. The molecule has 0 unspecified atom stereocenters. The Kier molecular flexibility index (Phi) is 4.99. The predicted octanol–water partition coefficient (Wildman–Crippen LogP) is 2.30. The Morgan fingerprint density at radius 3 is 2.43 bits per heavy atom. The highest BCUT2D eigenvalue weighted by atomic mass is 16.5. The summed E-state index contributed by atoms with van der Waals surface area (Å²) in [5, 5.41) is 5.77. The Morgan fingerprint density at radius 1 is 1.07 bits per heavy atom. The molecule has 0 aliphatic carbocycles. The summed E-state index contributed by atoms with van der Waals surface area (Å²) in [7, 11) is 1.47. The second-order valence-electron chi connectivity index (χ2n) is 6.99. The van der Waals surface area contributed by atoms with Crippen molar-refractivity contribution in [3.8, 4) is 5.75 Å². The zero-order valence-corrected chi connectivity index (χ0v) is 16.9. The highest BCUT2D eigenvalue weighted by molar-refractivity contribution is 6.47. The molecule has 8 nitrogen and oxygen atoms in total. The fourth-order valence-corrected chi connectivity index (χ4v) is 3.75. The Labute approximate surface area is 173 Å². The maximum Gasteiger partial charge on any atom is 0.355 e. The Balaban J connectivity index is 1.81. The number of ether oxygens (including phenoxy) is 2. The molecule has 2 amide bonds. The second-order valence-corrected chi connectivity index (χ2v) is 6.99. The van der Waals surface area contributed by atoms with Crippen LogP contribution in [0.2, 0.25) is 0 Å². The number of esters is 1. The molecular formula is C22H21N3O5. The predicted molar refractivity (Wildman–Crippen MR) is 110 cm³/mol. The van der Waals surface area contributed by atoms with E-state index in [2.05, 4.69) is 5.10 Å². The Hall–Kier alpha value is -3.68. The van der Waals surface area contributed by atoms with Crippen molar-refractivity contribution >= 4 is 34.9 Å². The van der Waals surface area contributed by atoms with E-state index < -0.39 is 29.7 Å². The largest absolute Gasteiger partial charge is 0.495 e. The van der Waals surface area contributed by atoms with Crippen LogP contribution < -0.4 is 14.6 Å². The number of carbonyl (C=O) groups excluding carboxylic acids is 3. The molecule has 0 saturated carbocycles. The molecule has 1 saturated heterocycles. The molecule has 154 valence electrons. The van der Waals surface area contributed by atoms with E-state index in [0.717, 1.165) is 10.5 Å². The monoisotopic (exact) mass is 407 g/mol. The van der Waals surface area contributed by atoms with Gasteiger partial charge in [0.15, 0.2) is 5.71 Å². The molecule has 0 aromatic heterocycles. The van der Waals surface area contributed by atoms with Crippen molar-refractivity contribution in [2.45, 2.75) is 19.9 Å². The van der Waals surface area contributed by atoms with E-state index in [9.17, 15) is 14.4 Å². The molecule has 30 heavy (non-hydrogen) atoms. The maximum absolute atomic E-state index is 13.4. The number of hydrazone groups is 1. The summed E-state index contributed by atoms with van der Waals surface area (Å²) in [6, 6.07) is 13.1. The van der Waals surface area contributed by atoms with Crippen LogP contribution in [-0.2, 0) is 19.1 Å². The number of hydrogen-bond donors (Lipinski definition) is 0. The third-order valence-electron chi connectivity index (χ3n) is 5.16. The van der Waals surface area contributed by atoms with E-state index in [1.807, 2.05) is 19.1 Å². The Morgan fingerprint density at radius 2 is 1.77 bits per heavy atom. The van der Waals surface area contributed by atoms with Crippen LogP contribution in [0.25, 0.3) is 0 Å². The minimum atomic E-state index is -1.05. The molecule has 2 aliphatic rings. The first kappa shape index (κ1) is 19.6. The van der Waals surface area contributed by atoms with Crippen LogP contribution >= 0.6 is 0 Å². The average Bonchev–Trinajstić information content (AvgIpc) is 3.26. The number of fused-ring (bicyclic) bond motifs is 1. The van der Waals surface area contributed by atoms with Crippen LogP contribution in [-0.4, -0.2) is 43.3 Å². The molecule has 0 N–H and O–H groups in total. The van der Waals surface area contributed by atoms with Crippen molar-refractivity contribution in [1.29, 1.82) is 0 Å². The van der Waals surface area contributed by atoms with Crippen LogP contribution in [0.4, 0.5) is 11.4 Å². The number of carbonyl (C=O) groups is 3. The topological polar surface area (TPSA) is 88.5 Å². The summed E-state index contributed by atoms with van der Waals surface area (Å²) in [5.41, 5.74) is 1.90. The van der Waals surface area contributed by atoms with Gasteiger partial charge in [0.1, 0.15) is 17.7 Å². The first-order valence-corrected chi connectivity index (χ1v) is 9.60. The molecule has 4 rings (SSSR count). The van der Waals surface area contributed by atoms with Gasteiger partial charge in [0.25, 0.3) is 5.91 Å². The third kappa shape index (κ3) is 3.01. The summed E-state index contributed by atoms with van der Waals surface area (Å²) in [6.45, 7) is 3.75. The number of benzene rings is 2. The van der Waals surface area contributed by atoms with Gasteiger partial charge in [-0.05, 0) is 38.1 Å². The van der Waals surface area contributed by atoms with Gasteiger partial charge in [-0.1, -0.05) is 29.8 Å². The van der Waals surface area contributed by atoms with E-state index in [1.165, 1.54) is 12.1 Å². The van der Waals surface area contributed by atoms with Crippen molar-refractivity contribution in [3.63, 3.8) is 0 Å². The summed E-state index contributed by atoms with van der Waals surface area (Å²) < 4.78 is 10.4. The van der Waals surface area contributed by atoms with Gasteiger partial charge in [0, 0.05) is 0 Å². The van der Waals surface area contributed by atoms with Gasteiger partial charge in [-0.15, -0.1) is 0 Å². The van der Waals surface area contributed by atoms with Gasteiger partial charge in [0.2, 0.25) is 5.91 Å². The summed E-state index contributed by atoms with van der Waals surface area (Å²) in [5.74, 6) is -2.38. The average molecular weight is 407 g/mol. The molecule has 2 aromatic rings. The van der Waals surface area contributed by atoms with Crippen molar-refractivity contribution in [1.82, 2.24) is 0 Å². The van der Waals surface area contributed by atoms with Crippen LogP contribution in [0.5, 0.6) is 5.75 Å². The van der Waals surface area contributed by atoms with Crippen LogP contribution in [0.1, 0.15) is 12.5 Å². The molecule has 0 radical (unpaired) electrons. The molecule has 2 atom stereocenters. The minimum absolute atomic E-state index is 0.0711. The molecule has 8 heteroatoms. The first-order valence-electron chi connectivity index (χ1n) is 9.60. The Bertz CT molecular complexity index is 1050. The first-order chi connectivity index (χ1) is 14.5. The van der Waals surface area contributed by atoms with Crippen molar-refractivity contribution in [2.24, 2.45) is 11.0 Å². The molecule has 0 bridgehead atoms. The van der Waals surface area contributed by atoms with Gasteiger partial charge >= 0.3 is 5.97 Å². The minimum Gasteiger partial charge on any atom is -0.495 e. The smallest absolute Gasteiger partial charge is 0.355 e. The lowest BCUT2D eigenvalue weighted by Gasteiger charge is -2.23. The molecular weight excluding hydrogens is 386 g/mol. The van der Waals surface area contributed by atoms with E-state index in [4.69, 9.17) is 9.47 Å². The number of aryl methyl sites for hydroxylation is 1. The lowest BCUT2D eigenvalue weighted by molar-refractivity contribution is -0.136. The summed E-state index contributed by atoms with van der Waals surface area (Å²) >= 11 is 0. The number of methoxy groups -OCH3 is 1. The second kappa shape index (κ2) is 7.62. The lowest BCUT2D eigenvalue weighted by Crippen LogP contribution is -2.39. The third-order valence-corrected chi connectivity index (χ3v) is 5.16. The number of nitrogens with zero attached hydrogens (tertiary/aromatic N) is 3. The van der Waals surface area contributed by atoms with Gasteiger partial charge in [-0.3, -0.25) is 14.6 Å². The molecule has 2 aliphatic heterocycles. The van der Waals surface area contributed by atoms with Gasteiger partial charge in [-0.2, -0.15) is 5.10 Å². The van der Waals surface area contributed by atoms with Crippen molar-refractivity contribution in [3.05, 3.63) is 54.1 Å². The zero-order chi connectivity index (χ0) is 21.4. The number of amides is 2. The number of para-hydroxylation sites is 2. The van der Waals surface area contributed by atoms with Crippen molar-refractivity contribution in [2.75, 3.05) is 23.6 Å². The van der Waals surface area contributed by atoms with E-state index >= 15 is 0 Å². The summed E-state index contributed by atoms with van der Waals surface area (Å²) in [6.07, 6.45) is 0. The highest BCUT2D eigenvalue weighted by Gasteiger charge is 2.59. The number of anilines is 2. The quantitative estimate of drug-likeness (QED) is 0.558. The molecule has 2 aromatic carbocycles. The standard InChI is InChI=1S/C22H21N3O5/c1-4-30-22(28)18-17-19(25(23-18)14-11-9-13(2)10-12-14)21(27)24(20(17)26)15-7-5-6-8-16(15)29-3/h5-12,17,19H,4H2,1-3H3/t17-,19-/m1/s1. The molecule has 2 heterocycles. The highest BCUT2D eigenvalue weighted by Crippen LogP contribution is 2.40. The summed E-state index contributed by atoms with van der Waals surface area (Å²) in [4.78, 5) is 40.4. The van der Waals surface area contributed by atoms with E-state index in [1.54, 1.807) is 43.3 Å². The van der Waals surface area contributed by atoms with Gasteiger partial charge in [-0.25, -0.2) is 9.69 Å². The zero-order valence-electron chi connectivity index (χ0n) is 16.9. The fourth-order valence-electron chi connectivity index (χ4n) is 3.75. The normalized spacial score (nSPS) is 20.3.